The number of imidazole rings is 1. The zero-order chi connectivity index (χ0) is 21.2. The third kappa shape index (κ3) is 3.48. The molecule has 5 aromatic rings. The molecule has 6 heteroatoms. The van der Waals surface area contributed by atoms with Gasteiger partial charge in [-0.25, -0.2) is 9.67 Å². The van der Waals surface area contributed by atoms with Crippen molar-refractivity contribution in [1.29, 1.82) is 0 Å². The Kier molecular flexibility index (Phi) is 4.80. The lowest BCUT2D eigenvalue weighted by Gasteiger charge is -2.19. The number of nitrogens with one attached hydrogen (secondary N) is 1. The highest BCUT2D eigenvalue weighted by Gasteiger charge is 2.25. The first-order valence-electron chi connectivity index (χ1n) is 10.1. The van der Waals surface area contributed by atoms with Crippen LogP contribution in [0.2, 0.25) is 0 Å². The summed E-state index contributed by atoms with van der Waals surface area (Å²) in [5, 5.41) is 7.55. The second kappa shape index (κ2) is 7.91. The monoisotopic (exact) mass is 407 g/mol. The van der Waals surface area contributed by atoms with Crippen molar-refractivity contribution < 1.29 is 4.79 Å². The van der Waals surface area contributed by atoms with Crippen molar-refractivity contribution >= 4 is 22.6 Å². The quantitative estimate of drug-likeness (QED) is 0.457. The number of hydrogen-bond donors (Lipinski definition) is 1. The van der Waals surface area contributed by atoms with E-state index in [2.05, 4.69) is 15.4 Å². The van der Waals surface area contributed by atoms with Gasteiger partial charge in [-0.1, -0.05) is 60.7 Å². The van der Waals surface area contributed by atoms with E-state index in [1.807, 2.05) is 101 Å². The maximum atomic E-state index is 13.6. The van der Waals surface area contributed by atoms with Gasteiger partial charge in [0.25, 0.3) is 5.91 Å². The van der Waals surface area contributed by atoms with Gasteiger partial charge in [-0.15, -0.1) is 0 Å². The summed E-state index contributed by atoms with van der Waals surface area (Å²) in [6.07, 6.45) is 3.41. The minimum atomic E-state index is -0.562. The zero-order valence-electron chi connectivity index (χ0n) is 17.0. The van der Waals surface area contributed by atoms with Gasteiger partial charge in [-0.3, -0.25) is 4.79 Å². The Morgan fingerprint density at radius 1 is 0.903 bits per heavy atom. The van der Waals surface area contributed by atoms with Gasteiger partial charge in [0.2, 0.25) is 0 Å². The van der Waals surface area contributed by atoms with E-state index < -0.39 is 6.04 Å². The van der Waals surface area contributed by atoms with Crippen LogP contribution in [0.1, 0.15) is 17.3 Å². The molecular formula is C25H21N5O. The molecule has 1 unspecified atom stereocenters. The first-order valence-corrected chi connectivity index (χ1v) is 10.1. The van der Waals surface area contributed by atoms with E-state index in [-0.39, 0.29) is 5.91 Å². The van der Waals surface area contributed by atoms with Crippen LogP contribution in [0.3, 0.4) is 0 Å². The average molecular weight is 407 g/mol. The minimum absolute atomic E-state index is 0.148. The number of hydrogen-bond acceptors (Lipinski definition) is 3. The Hall–Kier alpha value is -4.19. The molecule has 1 amide bonds. The first kappa shape index (κ1) is 18.8. The molecule has 0 aliphatic heterocycles. The van der Waals surface area contributed by atoms with Crippen molar-refractivity contribution in [2.75, 3.05) is 5.32 Å². The molecule has 0 aliphatic rings. The summed E-state index contributed by atoms with van der Waals surface area (Å²) in [6, 6.07) is 26.8. The fourth-order valence-electron chi connectivity index (χ4n) is 3.82. The smallest absolute Gasteiger partial charge is 0.252 e. The van der Waals surface area contributed by atoms with E-state index in [9.17, 15) is 4.79 Å². The van der Waals surface area contributed by atoms with Crippen LogP contribution >= 0.6 is 0 Å². The normalized spacial score (nSPS) is 12.0. The minimum Gasteiger partial charge on any atom is -0.321 e. The van der Waals surface area contributed by atoms with Crippen molar-refractivity contribution in [1.82, 2.24) is 19.3 Å². The molecule has 0 saturated heterocycles. The fourth-order valence-corrected chi connectivity index (χ4v) is 3.82. The second-order valence-electron chi connectivity index (χ2n) is 7.33. The Balaban J connectivity index is 1.53. The molecule has 6 nitrogen and oxygen atoms in total. The number of para-hydroxylation sites is 3. The molecule has 3 aromatic carbocycles. The van der Waals surface area contributed by atoms with Crippen molar-refractivity contribution in [3.05, 3.63) is 109 Å². The predicted octanol–water partition coefficient (Wildman–Crippen LogP) is 4.76. The van der Waals surface area contributed by atoms with Gasteiger partial charge in [0.15, 0.2) is 0 Å². The average Bonchev–Trinajstić information content (AvgIpc) is 3.39. The predicted molar refractivity (Wildman–Crippen MR) is 121 cm³/mol. The molecule has 1 N–H and O–H groups in total. The van der Waals surface area contributed by atoms with Gasteiger partial charge in [0.05, 0.1) is 40.6 Å². The molecule has 152 valence electrons. The molecule has 1 atom stereocenters. The standard InChI is InChI=1S/C25H21N5O/c1-18-22(16-27-30(18)20-12-6-3-7-13-20)28-25(31)24(19-10-4-2-5-11-19)29-17-26-21-14-8-9-15-23(21)29/h2-17,24H,1H3,(H,28,31). The molecule has 0 fully saturated rings. The van der Waals surface area contributed by atoms with Crippen LogP contribution in [-0.4, -0.2) is 25.2 Å². The molecule has 5 rings (SSSR count). The highest BCUT2D eigenvalue weighted by molar-refractivity contribution is 5.97. The molecule has 31 heavy (non-hydrogen) atoms. The van der Waals surface area contributed by atoms with E-state index in [4.69, 9.17) is 0 Å². The van der Waals surface area contributed by atoms with Crippen molar-refractivity contribution in [3.8, 4) is 5.69 Å². The number of fused-ring (bicyclic) bond motifs is 1. The number of carbonyl (C=O) groups is 1. The third-order valence-electron chi connectivity index (χ3n) is 5.39. The van der Waals surface area contributed by atoms with Crippen LogP contribution in [0.4, 0.5) is 5.69 Å². The van der Waals surface area contributed by atoms with E-state index >= 15 is 0 Å². The topological polar surface area (TPSA) is 64.7 Å². The lowest BCUT2D eigenvalue weighted by atomic mass is 10.1. The Morgan fingerprint density at radius 2 is 1.58 bits per heavy atom. The van der Waals surface area contributed by atoms with Crippen LogP contribution in [-0.2, 0) is 4.79 Å². The largest absolute Gasteiger partial charge is 0.321 e. The third-order valence-corrected chi connectivity index (χ3v) is 5.39. The zero-order valence-corrected chi connectivity index (χ0v) is 17.0. The number of carbonyl (C=O) groups excluding carboxylic acids is 1. The van der Waals surface area contributed by atoms with Crippen molar-refractivity contribution in [2.45, 2.75) is 13.0 Å². The van der Waals surface area contributed by atoms with Gasteiger partial charge in [-0.2, -0.15) is 5.10 Å². The summed E-state index contributed by atoms with van der Waals surface area (Å²) in [7, 11) is 0. The second-order valence-corrected chi connectivity index (χ2v) is 7.33. The lowest BCUT2D eigenvalue weighted by molar-refractivity contribution is -0.118. The van der Waals surface area contributed by atoms with Gasteiger partial charge in [-0.05, 0) is 36.8 Å². The molecule has 0 radical (unpaired) electrons. The van der Waals surface area contributed by atoms with Crippen LogP contribution < -0.4 is 5.32 Å². The number of benzene rings is 3. The molecule has 2 aromatic heterocycles. The summed E-state index contributed by atoms with van der Waals surface area (Å²) >= 11 is 0. The summed E-state index contributed by atoms with van der Waals surface area (Å²) in [4.78, 5) is 18.0. The Morgan fingerprint density at radius 3 is 2.35 bits per heavy atom. The van der Waals surface area contributed by atoms with Crippen molar-refractivity contribution in [2.24, 2.45) is 0 Å². The van der Waals surface area contributed by atoms with Gasteiger partial charge in [0.1, 0.15) is 6.04 Å². The van der Waals surface area contributed by atoms with Crippen LogP contribution in [0, 0.1) is 6.92 Å². The summed E-state index contributed by atoms with van der Waals surface area (Å²) in [5.74, 6) is -0.148. The molecule has 0 bridgehead atoms. The molecular weight excluding hydrogens is 386 g/mol. The molecule has 0 spiro atoms. The highest BCUT2D eigenvalue weighted by Crippen LogP contribution is 2.26. The maximum absolute atomic E-state index is 13.6. The number of anilines is 1. The number of amides is 1. The first-order chi connectivity index (χ1) is 15.2. The molecule has 0 aliphatic carbocycles. The molecule has 2 heterocycles. The van der Waals surface area contributed by atoms with Gasteiger partial charge < -0.3 is 9.88 Å². The summed E-state index contributed by atoms with van der Waals surface area (Å²) in [5.41, 5.74) is 5.13. The number of aromatic nitrogens is 4. The number of rotatable bonds is 5. The Bertz CT molecular complexity index is 1340. The maximum Gasteiger partial charge on any atom is 0.252 e. The lowest BCUT2D eigenvalue weighted by Crippen LogP contribution is -2.26. The van der Waals surface area contributed by atoms with E-state index in [1.54, 1.807) is 12.5 Å². The summed E-state index contributed by atoms with van der Waals surface area (Å²) < 4.78 is 3.73. The fraction of sp³-hybridized carbons (Fsp3) is 0.0800. The van der Waals surface area contributed by atoms with Crippen molar-refractivity contribution in [3.63, 3.8) is 0 Å². The van der Waals surface area contributed by atoms with E-state index in [0.717, 1.165) is 28.0 Å². The van der Waals surface area contributed by atoms with Crippen LogP contribution in [0.15, 0.2) is 97.5 Å². The van der Waals surface area contributed by atoms with E-state index in [1.165, 1.54) is 0 Å². The summed E-state index contributed by atoms with van der Waals surface area (Å²) in [6.45, 7) is 1.94. The van der Waals surface area contributed by atoms with Gasteiger partial charge in [0, 0.05) is 0 Å². The SMILES string of the molecule is Cc1c(NC(=O)C(c2ccccc2)n2cnc3ccccc32)cnn1-c1ccccc1. The van der Waals surface area contributed by atoms with Crippen LogP contribution in [0.5, 0.6) is 0 Å². The van der Waals surface area contributed by atoms with Gasteiger partial charge >= 0.3 is 0 Å². The van der Waals surface area contributed by atoms with E-state index in [0.29, 0.717) is 5.69 Å². The number of nitrogens with zero attached hydrogens (tertiary/aromatic N) is 4. The Labute approximate surface area is 179 Å². The highest BCUT2D eigenvalue weighted by atomic mass is 16.2. The van der Waals surface area contributed by atoms with Crippen LogP contribution in [0.25, 0.3) is 16.7 Å². The molecule has 0 saturated carbocycles.